The van der Waals surface area contributed by atoms with Crippen molar-refractivity contribution in [2.45, 2.75) is 46.5 Å². The fourth-order valence-electron chi connectivity index (χ4n) is 2.08. The number of nitrogens with zero attached hydrogens (tertiary/aromatic N) is 2. The molecule has 0 unspecified atom stereocenters. The van der Waals surface area contributed by atoms with Crippen LogP contribution in [-0.2, 0) is 9.53 Å². The molecule has 0 fully saturated rings. The van der Waals surface area contributed by atoms with E-state index < -0.39 is 10.3 Å². The van der Waals surface area contributed by atoms with Gasteiger partial charge in [-0.3, -0.25) is 14.9 Å². The van der Waals surface area contributed by atoms with Gasteiger partial charge in [0.15, 0.2) is 5.69 Å². The normalized spacial score (nSPS) is 10.8. The lowest BCUT2D eigenvalue weighted by Gasteiger charge is -2.16. The van der Waals surface area contributed by atoms with E-state index in [1.165, 1.54) is 6.07 Å². The Morgan fingerprint density at radius 3 is 2.56 bits per heavy atom. The van der Waals surface area contributed by atoms with Crippen LogP contribution in [0, 0.1) is 22.1 Å². The second-order valence-electron chi connectivity index (χ2n) is 6.80. The van der Waals surface area contributed by atoms with E-state index >= 15 is 0 Å². The Balaban J connectivity index is 2.25. The minimum atomic E-state index is -0.486. The molecule has 1 aromatic rings. The first-order valence-electron chi connectivity index (χ1n) is 8.32. The molecule has 0 bridgehead atoms. The number of nitro groups is 1. The summed E-state index contributed by atoms with van der Waals surface area (Å²) in [4.78, 5) is 25.3. The number of benzene rings is 1. The Labute approximate surface area is 148 Å². The van der Waals surface area contributed by atoms with E-state index in [9.17, 15) is 14.9 Å². The van der Waals surface area contributed by atoms with Crippen LogP contribution in [0.15, 0.2) is 18.2 Å². The lowest BCUT2D eigenvalue weighted by Crippen LogP contribution is -2.23. The summed E-state index contributed by atoms with van der Waals surface area (Å²) in [5, 5.41) is 14.1. The number of esters is 1. The molecule has 1 N–H and O–H groups in total. The number of hydrogen-bond donors (Lipinski definition) is 1. The molecule has 0 aliphatic rings. The SMILES string of the molecule is [C-]#[N+]c1ccc(NCCCCCCOC(=O)C(C)(C)C)c([N+](=O)[O-])c1. The summed E-state index contributed by atoms with van der Waals surface area (Å²) in [6, 6.07) is 4.41. The zero-order valence-corrected chi connectivity index (χ0v) is 15.0. The van der Waals surface area contributed by atoms with E-state index in [0.717, 1.165) is 25.7 Å². The number of nitrogens with one attached hydrogen (secondary N) is 1. The van der Waals surface area contributed by atoms with Crippen molar-refractivity contribution >= 4 is 23.0 Å². The molecular weight excluding hydrogens is 322 g/mol. The summed E-state index contributed by atoms with van der Waals surface area (Å²) >= 11 is 0. The fourth-order valence-corrected chi connectivity index (χ4v) is 2.08. The van der Waals surface area contributed by atoms with E-state index in [-0.39, 0.29) is 17.3 Å². The minimum absolute atomic E-state index is 0.0809. The number of hydrogen-bond acceptors (Lipinski definition) is 5. The first-order chi connectivity index (χ1) is 11.8. The number of anilines is 1. The molecule has 0 amide bonds. The molecule has 0 aliphatic carbocycles. The maximum absolute atomic E-state index is 11.6. The number of ether oxygens (including phenoxy) is 1. The van der Waals surface area contributed by atoms with Gasteiger partial charge in [0.05, 0.1) is 23.5 Å². The third kappa shape index (κ3) is 7.21. The van der Waals surface area contributed by atoms with Crippen LogP contribution in [0.5, 0.6) is 0 Å². The van der Waals surface area contributed by atoms with Gasteiger partial charge in [0, 0.05) is 12.6 Å². The van der Waals surface area contributed by atoms with Crippen molar-refractivity contribution in [2.75, 3.05) is 18.5 Å². The topological polar surface area (TPSA) is 85.8 Å². The van der Waals surface area contributed by atoms with Crippen LogP contribution in [0.4, 0.5) is 17.1 Å². The average molecular weight is 347 g/mol. The van der Waals surface area contributed by atoms with Crippen molar-refractivity contribution in [2.24, 2.45) is 5.41 Å². The summed E-state index contributed by atoms with van der Waals surface area (Å²) < 4.78 is 5.19. The Morgan fingerprint density at radius 2 is 1.96 bits per heavy atom. The van der Waals surface area contributed by atoms with Gasteiger partial charge in [0.2, 0.25) is 0 Å². The Bertz CT molecular complexity index is 645. The van der Waals surface area contributed by atoms with Crippen LogP contribution in [-0.4, -0.2) is 24.0 Å². The van der Waals surface area contributed by atoms with Crippen LogP contribution < -0.4 is 5.32 Å². The summed E-state index contributed by atoms with van der Waals surface area (Å²) in [7, 11) is 0. The van der Waals surface area contributed by atoms with E-state index in [2.05, 4.69) is 10.2 Å². The van der Waals surface area contributed by atoms with Gasteiger partial charge in [0.25, 0.3) is 5.69 Å². The monoisotopic (exact) mass is 347 g/mol. The van der Waals surface area contributed by atoms with Crippen LogP contribution in [0.3, 0.4) is 0 Å². The van der Waals surface area contributed by atoms with Gasteiger partial charge < -0.3 is 10.1 Å². The number of unbranched alkanes of at least 4 members (excludes halogenated alkanes) is 3. The highest BCUT2D eigenvalue weighted by Gasteiger charge is 2.22. The smallest absolute Gasteiger partial charge is 0.311 e. The van der Waals surface area contributed by atoms with Crippen molar-refractivity contribution in [1.29, 1.82) is 0 Å². The van der Waals surface area contributed by atoms with Gasteiger partial charge in [-0.25, -0.2) is 4.85 Å². The molecule has 1 aromatic carbocycles. The van der Waals surface area contributed by atoms with Crippen molar-refractivity contribution in [3.05, 3.63) is 39.7 Å². The molecular formula is C18H25N3O4. The van der Waals surface area contributed by atoms with Crippen molar-refractivity contribution in [1.82, 2.24) is 0 Å². The standard InChI is InChI=1S/C18H25N3O4/c1-18(2,3)17(22)25-12-8-6-5-7-11-20-15-10-9-14(19-4)13-16(15)21(23)24/h9-10,13,20H,5-8,11-12H2,1-3H3. The maximum atomic E-state index is 11.6. The lowest BCUT2D eigenvalue weighted by atomic mass is 9.97. The first-order valence-corrected chi connectivity index (χ1v) is 8.32. The second kappa shape index (κ2) is 9.62. The number of carbonyl (C=O) groups excluding carboxylic acids is 1. The third-order valence-corrected chi connectivity index (χ3v) is 3.54. The molecule has 0 atom stereocenters. The Morgan fingerprint density at radius 1 is 1.28 bits per heavy atom. The minimum Gasteiger partial charge on any atom is -0.465 e. The van der Waals surface area contributed by atoms with E-state index in [4.69, 9.17) is 11.3 Å². The largest absolute Gasteiger partial charge is 0.465 e. The molecule has 0 heterocycles. The van der Waals surface area contributed by atoms with Gasteiger partial charge in [0.1, 0.15) is 5.69 Å². The molecule has 0 saturated carbocycles. The molecule has 25 heavy (non-hydrogen) atoms. The number of rotatable bonds is 9. The van der Waals surface area contributed by atoms with Gasteiger partial charge >= 0.3 is 5.97 Å². The Hall–Kier alpha value is -2.62. The quantitative estimate of drug-likeness (QED) is 0.230. The van der Waals surface area contributed by atoms with Crippen LogP contribution in [0.1, 0.15) is 46.5 Å². The summed E-state index contributed by atoms with van der Waals surface area (Å²) in [6.07, 6.45) is 3.53. The molecule has 7 heteroatoms. The van der Waals surface area contributed by atoms with Crippen molar-refractivity contribution in [3.63, 3.8) is 0 Å². The second-order valence-corrected chi connectivity index (χ2v) is 6.80. The molecule has 0 spiro atoms. The lowest BCUT2D eigenvalue weighted by molar-refractivity contribution is -0.383. The zero-order chi connectivity index (χ0) is 18.9. The molecule has 0 aliphatic heterocycles. The van der Waals surface area contributed by atoms with Gasteiger partial charge in [-0.05, 0) is 46.1 Å². The van der Waals surface area contributed by atoms with E-state index in [1.807, 2.05) is 20.8 Å². The highest BCUT2D eigenvalue weighted by atomic mass is 16.6. The van der Waals surface area contributed by atoms with Crippen LogP contribution >= 0.6 is 0 Å². The highest BCUT2D eigenvalue weighted by molar-refractivity contribution is 5.75. The van der Waals surface area contributed by atoms with E-state index in [1.54, 1.807) is 12.1 Å². The maximum Gasteiger partial charge on any atom is 0.311 e. The van der Waals surface area contributed by atoms with Crippen LogP contribution in [0.2, 0.25) is 0 Å². The summed E-state index contributed by atoms with van der Waals surface area (Å²) in [5.41, 5.74) is 0.127. The summed E-state index contributed by atoms with van der Waals surface area (Å²) in [5.74, 6) is -0.190. The van der Waals surface area contributed by atoms with Gasteiger partial charge in [-0.1, -0.05) is 12.5 Å². The predicted molar refractivity (Wildman–Crippen MR) is 96.7 cm³/mol. The van der Waals surface area contributed by atoms with Crippen LogP contribution in [0.25, 0.3) is 4.85 Å². The molecule has 136 valence electrons. The zero-order valence-electron chi connectivity index (χ0n) is 15.0. The van der Waals surface area contributed by atoms with Crippen molar-refractivity contribution < 1.29 is 14.5 Å². The fraction of sp³-hybridized carbons (Fsp3) is 0.556. The van der Waals surface area contributed by atoms with Gasteiger partial charge in [-0.2, -0.15) is 0 Å². The molecule has 0 radical (unpaired) electrons. The molecule has 0 saturated heterocycles. The first kappa shape index (κ1) is 20.4. The van der Waals surface area contributed by atoms with E-state index in [0.29, 0.717) is 18.8 Å². The Kier molecular flexibility index (Phi) is 7.86. The van der Waals surface area contributed by atoms with Crippen molar-refractivity contribution in [3.8, 4) is 0 Å². The molecule has 7 nitrogen and oxygen atoms in total. The third-order valence-electron chi connectivity index (χ3n) is 3.54. The summed E-state index contributed by atoms with van der Waals surface area (Å²) in [6.45, 7) is 13.4. The average Bonchev–Trinajstić information content (AvgIpc) is 2.55. The highest BCUT2D eigenvalue weighted by Crippen LogP contribution is 2.29. The number of carbonyl (C=O) groups is 1. The molecule has 0 aromatic heterocycles. The van der Waals surface area contributed by atoms with Gasteiger partial charge in [-0.15, -0.1) is 0 Å². The number of nitro benzene ring substituents is 1. The molecule has 1 rings (SSSR count). The predicted octanol–water partition coefficient (Wildman–Crippen LogP) is 4.71.